The molecule has 3 fully saturated rings. The van der Waals surface area contributed by atoms with Crippen LogP contribution in [-0.4, -0.2) is 65.4 Å². The number of aromatic nitrogens is 6. The van der Waals surface area contributed by atoms with Crippen LogP contribution in [0.4, 0.5) is 0 Å². The molecule has 0 radical (unpaired) electrons. The van der Waals surface area contributed by atoms with Crippen molar-refractivity contribution in [2.24, 2.45) is 17.6 Å². The Kier molecular flexibility index (Phi) is 6.28. The lowest BCUT2D eigenvalue weighted by Crippen LogP contribution is -2.41. The number of nitrogens with two attached hydrogens (primary N) is 1. The van der Waals surface area contributed by atoms with Crippen molar-refractivity contribution >= 4 is 27.8 Å². The topological polar surface area (TPSA) is 109 Å². The predicted octanol–water partition coefficient (Wildman–Crippen LogP) is 5.27. The maximum Gasteiger partial charge on any atom is 0.254 e. The molecule has 10 nitrogen and oxygen atoms in total. The van der Waals surface area contributed by atoms with Gasteiger partial charge in [0.15, 0.2) is 5.82 Å². The van der Waals surface area contributed by atoms with Crippen LogP contribution in [0.3, 0.4) is 0 Å². The van der Waals surface area contributed by atoms with Gasteiger partial charge in [0.2, 0.25) is 0 Å². The number of benzene rings is 2. The minimum Gasteiger partial charge on any atom is -0.494 e. The van der Waals surface area contributed by atoms with Gasteiger partial charge in [-0.25, -0.2) is 9.67 Å². The molecule has 46 heavy (non-hydrogen) atoms. The highest BCUT2D eigenvalue weighted by Gasteiger charge is 2.47. The third kappa shape index (κ3) is 4.42. The van der Waals surface area contributed by atoms with Crippen molar-refractivity contribution in [3.05, 3.63) is 90.5 Å². The third-order valence-electron chi connectivity index (χ3n) is 10.3. The Morgan fingerprint density at radius 2 is 1.87 bits per heavy atom. The van der Waals surface area contributed by atoms with E-state index in [0.717, 1.165) is 53.2 Å². The van der Waals surface area contributed by atoms with E-state index in [-0.39, 0.29) is 18.0 Å². The number of imidazole rings is 1. The number of para-hydroxylation sites is 1. The molecule has 2 bridgehead atoms. The van der Waals surface area contributed by atoms with Gasteiger partial charge in [-0.1, -0.05) is 18.2 Å². The molecule has 3 atom stereocenters. The molecule has 1 aliphatic heterocycles. The standard InChI is InChI=1S/C36H36N8O2/c1-46-32-16-26(36(45)42-21-25-8-9-30(42)33(25)37)14-28-34(32)43(19-23-17-39-44(20-23)27-10-12-38-13-11-27)35(40-28)31-15-24-4-2-3-5-29(24)41(31)18-22-6-7-22/h2-5,10-17,20,22,25,30,33H,6-9,18-19,21,37H2,1H3. The molecular formula is C36H36N8O2. The van der Waals surface area contributed by atoms with Gasteiger partial charge in [0.25, 0.3) is 5.91 Å². The summed E-state index contributed by atoms with van der Waals surface area (Å²) >= 11 is 0. The number of fused-ring (bicyclic) bond motifs is 4. The van der Waals surface area contributed by atoms with E-state index in [1.54, 1.807) is 19.5 Å². The van der Waals surface area contributed by atoms with Gasteiger partial charge in [-0.3, -0.25) is 9.78 Å². The zero-order chi connectivity index (χ0) is 30.9. The first-order valence-electron chi connectivity index (χ1n) is 16.2. The number of nitrogens with zero attached hydrogens (tertiary/aromatic N) is 7. The highest BCUT2D eigenvalue weighted by Crippen LogP contribution is 2.40. The van der Waals surface area contributed by atoms with Gasteiger partial charge in [-0.05, 0) is 73.9 Å². The summed E-state index contributed by atoms with van der Waals surface area (Å²) in [5.41, 5.74) is 12.9. The molecule has 2 N–H and O–H groups in total. The molecule has 2 aromatic carbocycles. The Bertz CT molecular complexity index is 2110. The van der Waals surface area contributed by atoms with Crippen LogP contribution in [0.15, 0.2) is 79.4 Å². The molecule has 0 spiro atoms. The van der Waals surface area contributed by atoms with Gasteiger partial charge < -0.3 is 24.5 Å². The summed E-state index contributed by atoms with van der Waals surface area (Å²) in [5, 5.41) is 5.84. The number of hydrogen-bond acceptors (Lipinski definition) is 6. The maximum absolute atomic E-state index is 13.9. The number of carbonyl (C=O) groups is 1. The van der Waals surface area contributed by atoms with Crippen LogP contribution >= 0.6 is 0 Å². The number of pyridine rings is 1. The SMILES string of the molecule is COc1cc(C(=O)N2CC3CCC2C3N)cc2nc(-c3cc4ccccc4n3CC3CC3)n(Cc3cnn(-c4ccncc4)c3)c12. The summed E-state index contributed by atoms with van der Waals surface area (Å²) in [6.07, 6.45) is 12.0. The van der Waals surface area contributed by atoms with Crippen LogP contribution in [0.2, 0.25) is 0 Å². The van der Waals surface area contributed by atoms with Crippen molar-refractivity contribution in [2.75, 3.05) is 13.7 Å². The molecule has 3 aliphatic rings. The van der Waals surface area contributed by atoms with Crippen molar-refractivity contribution in [3.8, 4) is 23.0 Å². The fourth-order valence-electron chi connectivity index (χ4n) is 7.72. The molecule has 5 heterocycles. The van der Waals surface area contributed by atoms with Crippen molar-refractivity contribution in [1.29, 1.82) is 0 Å². The maximum atomic E-state index is 13.9. The summed E-state index contributed by atoms with van der Waals surface area (Å²) in [5.74, 6) is 2.52. The average molecular weight is 613 g/mol. The third-order valence-corrected chi connectivity index (χ3v) is 10.3. The van der Waals surface area contributed by atoms with Gasteiger partial charge >= 0.3 is 0 Å². The van der Waals surface area contributed by atoms with Crippen molar-refractivity contribution < 1.29 is 9.53 Å². The Hall–Kier alpha value is -4.96. The second-order valence-electron chi connectivity index (χ2n) is 13.1. The van der Waals surface area contributed by atoms with E-state index >= 15 is 0 Å². The van der Waals surface area contributed by atoms with Crippen molar-refractivity contribution in [3.63, 3.8) is 0 Å². The number of methoxy groups -OCH3 is 1. The molecule has 2 saturated carbocycles. The smallest absolute Gasteiger partial charge is 0.254 e. The van der Waals surface area contributed by atoms with Gasteiger partial charge in [0, 0.05) is 65.8 Å². The molecular weight excluding hydrogens is 576 g/mol. The van der Waals surface area contributed by atoms with Gasteiger partial charge in [0.1, 0.15) is 11.3 Å². The largest absolute Gasteiger partial charge is 0.494 e. The van der Waals surface area contributed by atoms with Crippen LogP contribution in [0.25, 0.3) is 39.1 Å². The van der Waals surface area contributed by atoms with Gasteiger partial charge in [-0.15, -0.1) is 0 Å². The minimum atomic E-state index is 0.000393. The summed E-state index contributed by atoms with van der Waals surface area (Å²) in [6.45, 7) is 2.19. The van der Waals surface area contributed by atoms with Gasteiger partial charge in [-0.2, -0.15) is 5.10 Å². The zero-order valence-corrected chi connectivity index (χ0v) is 25.8. The number of likely N-dealkylation sites (tertiary alicyclic amines) is 1. The van der Waals surface area contributed by atoms with E-state index in [2.05, 4.69) is 49.5 Å². The minimum absolute atomic E-state index is 0.000393. The number of piperidine rings is 1. The highest BCUT2D eigenvalue weighted by atomic mass is 16.5. The fourth-order valence-corrected chi connectivity index (χ4v) is 7.72. The van der Waals surface area contributed by atoms with Crippen LogP contribution in [0, 0.1) is 11.8 Å². The lowest BCUT2D eigenvalue weighted by atomic mass is 10.1. The average Bonchev–Trinajstić information content (AvgIpc) is 3.40. The molecule has 10 heteroatoms. The second kappa shape index (κ2) is 10.6. The monoisotopic (exact) mass is 612 g/mol. The summed E-state index contributed by atoms with van der Waals surface area (Å²) in [6, 6.07) is 18.6. The van der Waals surface area contributed by atoms with E-state index < -0.39 is 0 Å². The van der Waals surface area contributed by atoms with Crippen LogP contribution in [-0.2, 0) is 13.1 Å². The first kappa shape index (κ1) is 27.4. The molecule has 1 amide bonds. The summed E-state index contributed by atoms with van der Waals surface area (Å²) in [7, 11) is 1.67. The van der Waals surface area contributed by atoms with Gasteiger partial charge in [0.05, 0.1) is 36.7 Å². The molecule has 6 aromatic rings. The van der Waals surface area contributed by atoms with Crippen LogP contribution in [0.1, 0.15) is 41.6 Å². The molecule has 3 unspecified atom stereocenters. The molecule has 1 saturated heterocycles. The van der Waals surface area contributed by atoms with E-state index in [1.807, 2.05) is 46.2 Å². The number of hydrogen-bond donors (Lipinski definition) is 1. The van der Waals surface area contributed by atoms with Crippen molar-refractivity contribution in [2.45, 2.75) is 50.9 Å². The molecule has 2 aliphatic carbocycles. The summed E-state index contributed by atoms with van der Waals surface area (Å²) in [4.78, 5) is 25.4. The van der Waals surface area contributed by atoms with E-state index in [1.165, 1.54) is 23.7 Å². The van der Waals surface area contributed by atoms with E-state index in [9.17, 15) is 4.79 Å². The first-order valence-corrected chi connectivity index (χ1v) is 16.2. The Balaban J connectivity index is 1.20. The van der Waals surface area contributed by atoms with E-state index in [4.69, 9.17) is 15.5 Å². The second-order valence-corrected chi connectivity index (χ2v) is 13.1. The lowest BCUT2D eigenvalue weighted by molar-refractivity contribution is 0.0700. The summed E-state index contributed by atoms with van der Waals surface area (Å²) < 4.78 is 12.5. The van der Waals surface area contributed by atoms with Crippen LogP contribution in [0.5, 0.6) is 5.75 Å². The number of carbonyl (C=O) groups excluding carboxylic acids is 1. The normalized spacial score (nSPS) is 20.7. The molecule has 9 rings (SSSR count). The molecule has 232 valence electrons. The van der Waals surface area contributed by atoms with Crippen LogP contribution < -0.4 is 10.5 Å². The fraction of sp³-hybridized carbons (Fsp3) is 0.333. The van der Waals surface area contributed by atoms with E-state index in [0.29, 0.717) is 36.2 Å². The highest BCUT2D eigenvalue weighted by molar-refractivity contribution is 6.00. The Labute approximate surface area is 266 Å². The predicted molar refractivity (Wildman–Crippen MR) is 176 cm³/mol. The number of rotatable bonds is 8. The quantitative estimate of drug-likeness (QED) is 0.251. The number of amides is 1. The Morgan fingerprint density at radius 1 is 1.02 bits per heavy atom. The van der Waals surface area contributed by atoms with Crippen molar-refractivity contribution in [1.82, 2.24) is 33.8 Å². The number of ether oxygens (including phenoxy) is 1. The first-order chi connectivity index (χ1) is 22.6. The Morgan fingerprint density at radius 3 is 2.63 bits per heavy atom. The lowest BCUT2D eigenvalue weighted by Gasteiger charge is -2.27. The molecule has 4 aromatic heterocycles. The zero-order valence-electron chi connectivity index (χ0n) is 25.8.